The van der Waals surface area contributed by atoms with Crippen molar-refractivity contribution in [3.05, 3.63) is 35.1 Å². The fraction of sp³-hybridized carbons (Fsp3) is 0.500. The Bertz CT molecular complexity index is 428. The first-order chi connectivity index (χ1) is 8.66. The van der Waals surface area contributed by atoms with Crippen molar-refractivity contribution in [2.45, 2.75) is 26.3 Å². The summed E-state index contributed by atoms with van der Waals surface area (Å²) in [5, 5.41) is 6.11. The van der Waals surface area contributed by atoms with Crippen molar-refractivity contribution in [3.8, 4) is 0 Å². The third-order valence-corrected chi connectivity index (χ3v) is 3.41. The van der Waals surface area contributed by atoms with Crippen molar-refractivity contribution in [1.29, 1.82) is 0 Å². The second-order valence-corrected chi connectivity index (χ2v) is 4.83. The number of carbonyl (C=O) groups is 1. The highest BCUT2D eigenvalue weighted by Gasteiger charge is 2.20. The number of nitrogens with one attached hydrogen (secondary N) is 2. The van der Waals surface area contributed by atoms with Crippen LogP contribution in [0.15, 0.2) is 18.2 Å². The van der Waals surface area contributed by atoms with Gasteiger partial charge in [-0.15, -0.1) is 0 Å². The molecule has 2 N–H and O–H groups in total. The molecular weight excluding hydrogens is 231 g/mol. The van der Waals surface area contributed by atoms with E-state index in [1.54, 1.807) is 13.0 Å². The van der Waals surface area contributed by atoms with Crippen LogP contribution < -0.4 is 10.6 Å². The van der Waals surface area contributed by atoms with Crippen molar-refractivity contribution in [2.75, 3.05) is 13.1 Å². The maximum atomic E-state index is 13.3. The first-order valence-corrected chi connectivity index (χ1v) is 6.40. The summed E-state index contributed by atoms with van der Waals surface area (Å²) in [6.45, 7) is 3.93. The van der Waals surface area contributed by atoms with Crippen LogP contribution in [0.25, 0.3) is 0 Å². The van der Waals surface area contributed by atoms with Crippen molar-refractivity contribution in [3.63, 3.8) is 0 Å². The number of piperidine rings is 1. The Labute approximate surface area is 107 Å². The van der Waals surface area contributed by atoms with Crippen molar-refractivity contribution in [2.24, 2.45) is 5.92 Å². The van der Waals surface area contributed by atoms with Gasteiger partial charge in [-0.25, -0.2) is 4.39 Å². The first kappa shape index (κ1) is 13.0. The molecule has 98 valence electrons. The summed E-state index contributed by atoms with van der Waals surface area (Å²) in [5.74, 6) is -0.0392. The molecule has 1 aromatic rings. The van der Waals surface area contributed by atoms with Gasteiger partial charge in [-0.2, -0.15) is 0 Å². The van der Waals surface area contributed by atoms with E-state index in [9.17, 15) is 9.18 Å². The minimum Gasteiger partial charge on any atom is -0.352 e. The molecule has 1 amide bonds. The molecule has 0 atom stereocenters. The quantitative estimate of drug-likeness (QED) is 0.858. The number of aryl methyl sites for hydroxylation is 1. The van der Waals surface area contributed by atoms with E-state index >= 15 is 0 Å². The van der Waals surface area contributed by atoms with Gasteiger partial charge < -0.3 is 10.6 Å². The van der Waals surface area contributed by atoms with Gasteiger partial charge in [-0.3, -0.25) is 4.79 Å². The van der Waals surface area contributed by atoms with Crippen LogP contribution in [0.5, 0.6) is 0 Å². The Morgan fingerprint density at radius 2 is 2.17 bits per heavy atom. The second-order valence-electron chi connectivity index (χ2n) is 4.83. The molecule has 0 radical (unpaired) electrons. The van der Waals surface area contributed by atoms with Gasteiger partial charge in [0.05, 0.1) is 0 Å². The van der Waals surface area contributed by atoms with Crippen LogP contribution in [0.3, 0.4) is 0 Å². The predicted octanol–water partition coefficient (Wildman–Crippen LogP) is 1.75. The molecule has 1 heterocycles. The van der Waals surface area contributed by atoms with Crippen LogP contribution >= 0.6 is 0 Å². The molecule has 2 rings (SSSR count). The molecule has 1 aromatic carbocycles. The zero-order valence-electron chi connectivity index (χ0n) is 10.6. The van der Waals surface area contributed by atoms with E-state index in [1.807, 2.05) is 6.07 Å². The topological polar surface area (TPSA) is 41.1 Å². The van der Waals surface area contributed by atoms with E-state index < -0.39 is 0 Å². The van der Waals surface area contributed by atoms with Gasteiger partial charge in [0.15, 0.2) is 0 Å². The minimum absolute atomic E-state index is 0.0810. The summed E-state index contributed by atoms with van der Waals surface area (Å²) in [6, 6.07) is 5.07. The Morgan fingerprint density at radius 1 is 1.44 bits per heavy atom. The van der Waals surface area contributed by atoms with Crippen LogP contribution in [-0.4, -0.2) is 19.0 Å². The van der Waals surface area contributed by atoms with Crippen molar-refractivity contribution in [1.82, 2.24) is 10.6 Å². The van der Waals surface area contributed by atoms with Gasteiger partial charge in [0.1, 0.15) is 5.82 Å². The second kappa shape index (κ2) is 5.96. The van der Waals surface area contributed by atoms with Crippen LogP contribution in [-0.2, 0) is 11.3 Å². The van der Waals surface area contributed by atoms with Crippen LogP contribution in [0, 0.1) is 18.7 Å². The molecule has 4 heteroatoms. The maximum absolute atomic E-state index is 13.3. The summed E-state index contributed by atoms with van der Waals surface area (Å²) in [4.78, 5) is 11.9. The van der Waals surface area contributed by atoms with E-state index in [0.717, 1.165) is 31.5 Å². The smallest absolute Gasteiger partial charge is 0.223 e. The normalized spacial score (nSPS) is 16.6. The standard InChI is InChI=1S/C14H19FN2O/c1-10-2-3-11(8-13(10)15)9-17-14(18)12-4-6-16-7-5-12/h2-3,8,12,16H,4-7,9H2,1H3,(H,17,18). The van der Waals surface area contributed by atoms with Gasteiger partial charge in [0, 0.05) is 12.5 Å². The van der Waals surface area contributed by atoms with E-state index in [1.165, 1.54) is 6.07 Å². The van der Waals surface area contributed by atoms with Gasteiger partial charge in [-0.05, 0) is 50.0 Å². The van der Waals surface area contributed by atoms with Crippen molar-refractivity contribution < 1.29 is 9.18 Å². The molecule has 0 saturated carbocycles. The third kappa shape index (κ3) is 3.29. The lowest BCUT2D eigenvalue weighted by Crippen LogP contribution is -2.37. The maximum Gasteiger partial charge on any atom is 0.223 e. The van der Waals surface area contributed by atoms with E-state index in [4.69, 9.17) is 0 Å². The molecule has 1 aliphatic heterocycles. The molecule has 1 aliphatic rings. The SMILES string of the molecule is Cc1ccc(CNC(=O)C2CCNCC2)cc1F. The molecule has 0 aliphatic carbocycles. The van der Waals surface area contributed by atoms with Gasteiger partial charge >= 0.3 is 0 Å². The molecule has 18 heavy (non-hydrogen) atoms. The molecule has 0 bridgehead atoms. The number of rotatable bonds is 3. The zero-order chi connectivity index (χ0) is 13.0. The van der Waals surface area contributed by atoms with E-state index in [0.29, 0.717) is 12.1 Å². The number of hydrogen-bond donors (Lipinski definition) is 2. The van der Waals surface area contributed by atoms with Gasteiger partial charge in [-0.1, -0.05) is 12.1 Å². The molecule has 0 aromatic heterocycles. The average Bonchev–Trinajstić information content (AvgIpc) is 2.41. The van der Waals surface area contributed by atoms with Crippen LogP contribution in [0.2, 0.25) is 0 Å². The Hall–Kier alpha value is -1.42. The van der Waals surface area contributed by atoms with Crippen LogP contribution in [0.1, 0.15) is 24.0 Å². The lowest BCUT2D eigenvalue weighted by molar-refractivity contribution is -0.125. The van der Waals surface area contributed by atoms with E-state index in [-0.39, 0.29) is 17.6 Å². The van der Waals surface area contributed by atoms with Crippen LogP contribution in [0.4, 0.5) is 4.39 Å². The van der Waals surface area contributed by atoms with E-state index in [2.05, 4.69) is 10.6 Å². The Balaban J connectivity index is 1.86. The number of hydrogen-bond acceptors (Lipinski definition) is 2. The van der Waals surface area contributed by atoms with Gasteiger partial charge in [0.25, 0.3) is 0 Å². The predicted molar refractivity (Wildman–Crippen MR) is 68.6 cm³/mol. The zero-order valence-corrected chi connectivity index (χ0v) is 10.6. The molecule has 0 unspecified atom stereocenters. The lowest BCUT2D eigenvalue weighted by Gasteiger charge is -2.21. The summed E-state index contributed by atoms with van der Waals surface area (Å²) in [6.07, 6.45) is 1.77. The Morgan fingerprint density at radius 3 is 2.83 bits per heavy atom. The third-order valence-electron chi connectivity index (χ3n) is 3.41. The highest BCUT2D eigenvalue weighted by atomic mass is 19.1. The highest BCUT2D eigenvalue weighted by Crippen LogP contribution is 2.13. The number of halogens is 1. The fourth-order valence-corrected chi connectivity index (χ4v) is 2.16. The summed E-state index contributed by atoms with van der Waals surface area (Å²) < 4.78 is 13.3. The fourth-order valence-electron chi connectivity index (χ4n) is 2.16. The number of carbonyl (C=O) groups excluding carboxylic acids is 1. The lowest BCUT2D eigenvalue weighted by atomic mass is 9.97. The first-order valence-electron chi connectivity index (χ1n) is 6.40. The highest BCUT2D eigenvalue weighted by molar-refractivity contribution is 5.78. The summed E-state index contributed by atoms with van der Waals surface area (Å²) in [7, 11) is 0. The molecule has 1 fully saturated rings. The molecule has 0 spiro atoms. The largest absolute Gasteiger partial charge is 0.352 e. The summed E-state index contributed by atoms with van der Waals surface area (Å²) in [5.41, 5.74) is 1.43. The average molecular weight is 250 g/mol. The molecule has 3 nitrogen and oxygen atoms in total. The summed E-state index contributed by atoms with van der Waals surface area (Å²) >= 11 is 0. The number of amides is 1. The van der Waals surface area contributed by atoms with Crippen molar-refractivity contribution >= 4 is 5.91 Å². The molecule has 1 saturated heterocycles. The number of benzene rings is 1. The monoisotopic (exact) mass is 250 g/mol. The minimum atomic E-state index is -0.219. The Kier molecular flexibility index (Phi) is 4.31. The molecular formula is C14H19FN2O. The van der Waals surface area contributed by atoms with Gasteiger partial charge in [0.2, 0.25) is 5.91 Å².